The van der Waals surface area contributed by atoms with E-state index < -0.39 is 0 Å². The highest BCUT2D eigenvalue weighted by Crippen LogP contribution is 2.50. The number of halogens is 1. The van der Waals surface area contributed by atoms with Gasteiger partial charge in [0.05, 0.1) is 17.1 Å². The largest absolute Gasteiger partial charge is 0.397 e. The van der Waals surface area contributed by atoms with Crippen molar-refractivity contribution < 1.29 is 4.79 Å². The third-order valence-corrected chi connectivity index (χ3v) is 8.35. The lowest BCUT2D eigenvalue weighted by atomic mass is 9.95. The summed E-state index contributed by atoms with van der Waals surface area (Å²) >= 11 is 9.33. The van der Waals surface area contributed by atoms with E-state index in [0.717, 1.165) is 56.3 Å². The number of nitrogen functional groups attached to an aromatic ring is 1. The Balaban J connectivity index is 1.53. The van der Waals surface area contributed by atoms with E-state index in [4.69, 9.17) is 22.3 Å². The lowest BCUT2D eigenvalue weighted by Gasteiger charge is -2.31. The zero-order chi connectivity index (χ0) is 21.1. The van der Waals surface area contributed by atoms with Crippen LogP contribution in [0.2, 0.25) is 5.02 Å². The number of amides is 1. The number of fused-ring (bicyclic) bond motifs is 4. The maximum atomic E-state index is 13.9. The van der Waals surface area contributed by atoms with Crippen LogP contribution in [-0.4, -0.2) is 10.9 Å². The normalized spacial score (nSPS) is 14.8. The molecule has 0 saturated carbocycles. The summed E-state index contributed by atoms with van der Waals surface area (Å²) in [6, 6.07) is 15.7. The minimum absolute atomic E-state index is 0.144. The number of hydrogen-bond donors (Lipinski definition) is 1. The summed E-state index contributed by atoms with van der Waals surface area (Å²) < 4.78 is 0. The molecule has 0 fully saturated rings. The minimum atomic E-state index is -0.144. The topological polar surface area (TPSA) is 59.2 Å². The van der Waals surface area contributed by atoms with Gasteiger partial charge < -0.3 is 5.73 Å². The number of aromatic nitrogens is 1. The van der Waals surface area contributed by atoms with Crippen molar-refractivity contribution >= 4 is 67.9 Å². The van der Waals surface area contributed by atoms with Gasteiger partial charge in [0.15, 0.2) is 0 Å². The van der Waals surface area contributed by atoms with Crippen molar-refractivity contribution in [3.05, 3.63) is 69.7 Å². The zero-order valence-corrected chi connectivity index (χ0v) is 18.9. The van der Waals surface area contributed by atoms with E-state index in [1.165, 1.54) is 23.3 Å². The predicted octanol–water partition coefficient (Wildman–Crippen LogP) is 6.85. The second-order valence-corrected chi connectivity index (χ2v) is 10.3. The van der Waals surface area contributed by atoms with E-state index >= 15 is 0 Å². The molecule has 2 aliphatic rings. The quantitative estimate of drug-likeness (QED) is 0.335. The number of nitrogens with zero attached hydrogens (tertiary/aromatic N) is 2. The Morgan fingerprint density at radius 1 is 1.03 bits per heavy atom. The number of benzene rings is 2. The zero-order valence-electron chi connectivity index (χ0n) is 16.5. The summed E-state index contributed by atoms with van der Waals surface area (Å²) in [5.74, 6) is -0.144. The van der Waals surface area contributed by atoms with Gasteiger partial charge in [0.2, 0.25) is 0 Å². The van der Waals surface area contributed by atoms with Crippen molar-refractivity contribution in [1.29, 1.82) is 0 Å². The fourth-order valence-electron chi connectivity index (χ4n) is 4.37. The molecule has 3 heterocycles. The molecule has 0 unspecified atom stereocenters. The van der Waals surface area contributed by atoms with Crippen molar-refractivity contribution in [3.63, 3.8) is 0 Å². The standard InChI is InChI=1S/C24H18ClN3OS2/c25-14-9-10-20-18(12-14)28(17-7-3-4-8-19(17)30-20)24(29)22-21(26)15-11-13-5-1-2-6-16(13)27-23(15)31-22/h3-4,7-12H,1-2,5-6,26H2. The fraction of sp³-hybridized carbons (Fsp3) is 0.167. The van der Waals surface area contributed by atoms with Gasteiger partial charge >= 0.3 is 0 Å². The molecule has 6 rings (SSSR count). The fourth-order valence-corrected chi connectivity index (χ4v) is 6.60. The molecule has 31 heavy (non-hydrogen) atoms. The Morgan fingerprint density at radius 3 is 2.74 bits per heavy atom. The first kappa shape index (κ1) is 19.2. The van der Waals surface area contributed by atoms with Crippen molar-refractivity contribution in [2.45, 2.75) is 35.5 Å². The molecule has 0 bridgehead atoms. The molecule has 0 saturated heterocycles. The van der Waals surface area contributed by atoms with E-state index in [-0.39, 0.29) is 5.91 Å². The molecule has 0 atom stereocenters. The molecule has 154 valence electrons. The van der Waals surface area contributed by atoms with E-state index in [0.29, 0.717) is 15.6 Å². The average Bonchev–Trinajstić information content (AvgIpc) is 3.11. The molecule has 0 spiro atoms. The Morgan fingerprint density at radius 2 is 1.84 bits per heavy atom. The Bertz CT molecular complexity index is 1380. The molecule has 2 N–H and O–H groups in total. The van der Waals surface area contributed by atoms with Gasteiger partial charge in [0.1, 0.15) is 9.71 Å². The smallest absolute Gasteiger partial charge is 0.275 e. The van der Waals surface area contributed by atoms with Gasteiger partial charge in [-0.3, -0.25) is 9.69 Å². The number of carbonyl (C=O) groups is 1. The monoisotopic (exact) mass is 463 g/mol. The summed E-state index contributed by atoms with van der Waals surface area (Å²) in [7, 11) is 0. The van der Waals surface area contributed by atoms with E-state index in [1.54, 1.807) is 16.7 Å². The number of pyridine rings is 1. The number of hydrogen-bond acceptors (Lipinski definition) is 5. The number of rotatable bonds is 1. The van der Waals surface area contributed by atoms with Crippen molar-refractivity contribution in [1.82, 2.24) is 4.98 Å². The van der Waals surface area contributed by atoms with E-state index in [9.17, 15) is 4.79 Å². The van der Waals surface area contributed by atoms with E-state index in [1.807, 2.05) is 42.5 Å². The van der Waals surface area contributed by atoms with Crippen molar-refractivity contribution in [2.24, 2.45) is 0 Å². The van der Waals surface area contributed by atoms with Crippen LogP contribution in [0.25, 0.3) is 10.2 Å². The van der Waals surface area contributed by atoms with Gasteiger partial charge in [0, 0.05) is 25.9 Å². The predicted molar refractivity (Wildman–Crippen MR) is 129 cm³/mol. The molecule has 2 aromatic carbocycles. The highest BCUT2D eigenvalue weighted by molar-refractivity contribution is 7.99. The summed E-state index contributed by atoms with van der Waals surface area (Å²) in [4.78, 5) is 23.9. The summed E-state index contributed by atoms with van der Waals surface area (Å²) in [6.07, 6.45) is 4.36. The molecule has 4 aromatic rings. The maximum absolute atomic E-state index is 13.9. The van der Waals surface area contributed by atoms with Gasteiger partial charge in [-0.2, -0.15) is 0 Å². The average molecular weight is 464 g/mol. The number of anilines is 3. The lowest BCUT2D eigenvalue weighted by molar-refractivity contribution is 0.100. The minimum Gasteiger partial charge on any atom is -0.397 e. The second-order valence-electron chi connectivity index (χ2n) is 7.82. The molecule has 1 aliphatic heterocycles. The first-order chi connectivity index (χ1) is 15.1. The SMILES string of the molecule is Nc1c(C(=O)N2c3ccccc3Sc3ccc(Cl)cc32)sc2nc3c(cc12)CCCC3. The van der Waals surface area contributed by atoms with Crippen LogP contribution in [0.5, 0.6) is 0 Å². The summed E-state index contributed by atoms with van der Waals surface area (Å²) in [5.41, 5.74) is 11.1. The van der Waals surface area contributed by atoms with Crippen LogP contribution < -0.4 is 10.6 Å². The molecular formula is C24H18ClN3OS2. The molecule has 7 heteroatoms. The van der Waals surface area contributed by atoms with Crippen LogP contribution in [0.4, 0.5) is 17.1 Å². The molecule has 1 amide bonds. The number of thiophene rings is 1. The van der Waals surface area contributed by atoms with Crippen LogP contribution in [0.1, 0.15) is 33.8 Å². The van der Waals surface area contributed by atoms with Crippen LogP contribution in [0, 0.1) is 0 Å². The highest BCUT2D eigenvalue weighted by atomic mass is 35.5. The number of aryl methyl sites for hydroxylation is 2. The molecule has 4 nitrogen and oxygen atoms in total. The van der Waals surface area contributed by atoms with Gasteiger partial charge in [0.25, 0.3) is 5.91 Å². The van der Waals surface area contributed by atoms with Crippen LogP contribution in [0.3, 0.4) is 0 Å². The first-order valence-electron chi connectivity index (χ1n) is 10.2. The Labute approximate surface area is 193 Å². The molecule has 2 aromatic heterocycles. The summed E-state index contributed by atoms with van der Waals surface area (Å²) in [6.45, 7) is 0. The second kappa shape index (κ2) is 7.26. The first-order valence-corrected chi connectivity index (χ1v) is 12.2. The molecule has 0 radical (unpaired) electrons. The Hall–Kier alpha value is -2.54. The third kappa shape index (κ3) is 3.04. The van der Waals surface area contributed by atoms with Gasteiger partial charge in [-0.15, -0.1) is 11.3 Å². The van der Waals surface area contributed by atoms with Crippen LogP contribution in [-0.2, 0) is 12.8 Å². The Kier molecular flexibility index (Phi) is 4.49. The van der Waals surface area contributed by atoms with Crippen LogP contribution >= 0.6 is 34.7 Å². The van der Waals surface area contributed by atoms with Gasteiger partial charge in [-0.1, -0.05) is 35.5 Å². The highest BCUT2D eigenvalue weighted by Gasteiger charge is 2.32. The number of para-hydroxylation sites is 1. The number of carbonyl (C=O) groups excluding carboxylic acids is 1. The lowest BCUT2D eigenvalue weighted by Crippen LogP contribution is -2.28. The molecular weight excluding hydrogens is 446 g/mol. The van der Waals surface area contributed by atoms with Gasteiger partial charge in [-0.05, 0) is 67.6 Å². The van der Waals surface area contributed by atoms with Crippen molar-refractivity contribution in [3.8, 4) is 0 Å². The maximum Gasteiger partial charge on any atom is 0.275 e. The summed E-state index contributed by atoms with van der Waals surface area (Å²) in [5, 5.41) is 1.48. The third-order valence-electron chi connectivity index (χ3n) is 5.88. The number of nitrogens with two attached hydrogens (primary N) is 1. The van der Waals surface area contributed by atoms with Crippen LogP contribution in [0.15, 0.2) is 58.3 Å². The molecule has 1 aliphatic carbocycles. The van der Waals surface area contributed by atoms with Gasteiger partial charge in [-0.25, -0.2) is 4.98 Å². The van der Waals surface area contributed by atoms with E-state index in [2.05, 4.69) is 6.07 Å². The van der Waals surface area contributed by atoms with Crippen molar-refractivity contribution in [2.75, 3.05) is 10.6 Å².